The molecule has 1 N–H and O–H groups in total. The van der Waals surface area contributed by atoms with E-state index in [1.165, 1.54) is 12.1 Å². The quantitative estimate of drug-likeness (QED) is 0.793. The number of rotatable bonds is 6. The maximum Gasteiger partial charge on any atom is 0.227 e. The van der Waals surface area contributed by atoms with Crippen molar-refractivity contribution >= 4 is 11.6 Å². The zero-order valence-electron chi connectivity index (χ0n) is 15.2. The number of hydrogen-bond acceptors (Lipinski definition) is 3. The summed E-state index contributed by atoms with van der Waals surface area (Å²) in [6.45, 7) is 2.68. The molecule has 1 aliphatic heterocycles. The number of nitrogens with zero attached hydrogens (tertiary/aromatic N) is 1. The first-order valence-corrected chi connectivity index (χ1v) is 9.08. The molecule has 0 saturated carbocycles. The number of hydrogen-bond donors (Lipinski definition) is 1. The van der Waals surface area contributed by atoms with Gasteiger partial charge in [-0.05, 0) is 55.8 Å². The van der Waals surface area contributed by atoms with Gasteiger partial charge in [-0.25, -0.2) is 4.39 Å². The van der Waals surface area contributed by atoms with Crippen molar-refractivity contribution in [1.82, 2.24) is 4.90 Å². The predicted molar refractivity (Wildman–Crippen MR) is 104 cm³/mol. The van der Waals surface area contributed by atoms with E-state index >= 15 is 0 Å². The lowest BCUT2D eigenvalue weighted by Crippen LogP contribution is -2.38. The smallest absolute Gasteiger partial charge is 0.227 e. The van der Waals surface area contributed by atoms with Gasteiger partial charge >= 0.3 is 0 Å². The summed E-state index contributed by atoms with van der Waals surface area (Å²) in [5.41, 5.74) is 1.59. The van der Waals surface area contributed by atoms with E-state index in [0.29, 0.717) is 24.6 Å². The zero-order chi connectivity index (χ0) is 19.1. The zero-order valence-corrected chi connectivity index (χ0v) is 15.2. The van der Waals surface area contributed by atoms with Crippen molar-refractivity contribution < 1.29 is 13.9 Å². The fourth-order valence-corrected chi connectivity index (χ4v) is 3.14. The van der Waals surface area contributed by atoms with E-state index in [0.717, 1.165) is 31.5 Å². The molecule has 0 atom stereocenters. The second-order valence-corrected chi connectivity index (χ2v) is 6.69. The monoisotopic (exact) mass is 366 g/mol. The van der Waals surface area contributed by atoms with Crippen LogP contribution < -0.4 is 10.1 Å². The van der Waals surface area contributed by atoms with E-state index in [1.54, 1.807) is 18.2 Å². The molecule has 1 heterocycles. The van der Waals surface area contributed by atoms with Gasteiger partial charge in [0.2, 0.25) is 5.91 Å². The van der Waals surface area contributed by atoms with E-state index in [2.05, 4.69) is 16.1 Å². The molecule has 0 aromatic heterocycles. The number of amides is 1. The number of halogens is 1. The molecule has 140 valence electrons. The molecule has 0 unspecified atom stereocenters. The van der Waals surface area contributed by atoms with Gasteiger partial charge in [0, 0.05) is 17.7 Å². The third kappa shape index (κ3) is 5.57. The average Bonchev–Trinajstić information content (AvgIpc) is 2.69. The minimum absolute atomic E-state index is 0.00261. The summed E-state index contributed by atoms with van der Waals surface area (Å²) < 4.78 is 18.7. The van der Waals surface area contributed by atoms with E-state index in [4.69, 9.17) is 11.2 Å². The molecule has 2 aromatic carbocycles. The minimum atomic E-state index is -0.270. The lowest BCUT2D eigenvalue weighted by molar-refractivity contribution is -0.121. The summed E-state index contributed by atoms with van der Waals surface area (Å²) in [5, 5.41) is 2.98. The van der Waals surface area contributed by atoms with Crippen molar-refractivity contribution in [2.24, 2.45) is 5.92 Å². The topological polar surface area (TPSA) is 41.6 Å². The second kappa shape index (κ2) is 9.20. The molecule has 4 nitrogen and oxygen atoms in total. The van der Waals surface area contributed by atoms with Crippen molar-refractivity contribution in [1.29, 1.82) is 0 Å². The molecular formula is C22H23FN2O2. The third-order valence-corrected chi connectivity index (χ3v) is 4.69. The van der Waals surface area contributed by atoms with Gasteiger partial charge in [0.05, 0.1) is 6.54 Å². The molecule has 1 fully saturated rings. The fourth-order valence-electron chi connectivity index (χ4n) is 3.14. The highest BCUT2D eigenvalue weighted by Gasteiger charge is 2.24. The average molecular weight is 366 g/mol. The number of benzene rings is 2. The maximum atomic E-state index is 12.9. The number of ether oxygens (including phenoxy) is 1. The van der Waals surface area contributed by atoms with Gasteiger partial charge < -0.3 is 10.1 Å². The number of nitrogens with one attached hydrogen (secondary N) is 1. The number of terminal acetylenes is 1. The Morgan fingerprint density at radius 2 is 1.96 bits per heavy atom. The van der Waals surface area contributed by atoms with Gasteiger partial charge in [-0.3, -0.25) is 9.69 Å². The van der Waals surface area contributed by atoms with Crippen LogP contribution >= 0.6 is 0 Å². The molecule has 3 rings (SSSR count). The number of piperidine rings is 1. The van der Waals surface area contributed by atoms with Crippen molar-refractivity contribution in [2.45, 2.75) is 19.4 Å². The molecule has 1 aliphatic rings. The normalized spacial score (nSPS) is 15.1. The van der Waals surface area contributed by atoms with Gasteiger partial charge in [0.1, 0.15) is 18.2 Å². The van der Waals surface area contributed by atoms with Crippen molar-refractivity contribution in [3.8, 4) is 18.1 Å². The van der Waals surface area contributed by atoms with E-state index in [-0.39, 0.29) is 17.6 Å². The second-order valence-electron chi connectivity index (χ2n) is 6.69. The maximum absolute atomic E-state index is 12.9. The number of likely N-dealkylation sites (tertiary alicyclic amines) is 1. The molecule has 1 amide bonds. The molecule has 5 heteroatoms. The van der Waals surface area contributed by atoms with Crippen LogP contribution in [-0.4, -0.2) is 30.4 Å². The summed E-state index contributed by atoms with van der Waals surface area (Å²) in [6, 6.07) is 13.5. The Bertz CT molecular complexity index is 806. The third-order valence-electron chi connectivity index (χ3n) is 4.69. The molecular weight excluding hydrogens is 343 g/mol. The summed E-state index contributed by atoms with van der Waals surface area (Å²) in [4.78, 5) is 14.7. The Morgan fingerprint density at radius 3 is 2.67 bits per heavy atom. The Morgan fingerprint density at radius 1 is 1.22 bits per heavy atom. The molecule has 0 spiro atoms. The van der Waals surface area contributed by atoms with Gasteiger partial charge in [-0.2, -0.15) is 0 Å². The summed E-state index contributed by atoms with van der Waals surface area (Å²) in [7, 11) is 0. The van der Waals surface area contributed by atoms with Crippen LogP contribution in [0.5, 0.6) is 5.75 Å². The van der Waals surface area contributed by atoms with E-state index < -0.39 is 0 Å². The van der Waals surface area contributed by atoms with Crippen molar-refractivity contribution in [3.05, 3.63) is 59.9 Å². The largest absolute Gasteiger partial charge is 0.489 e. The highest BCUT2D eigenvalue weighted by Crippen LogP contribution is 2.22. The minimum Gasteiger partial charge on any atom is -0.489 e. The Balaban J connectivity index is 1.52. The SMILES string of the molecule is C#CCN1CCC(C(=O)Nc2cccc(OCc3ccc(F)cc3)c2)CC1. The number of carbonyl (C=O) groups is 1. The first-order chi connectivity index (χ1) is 13.1. The van der Waals surface area contributed by atoms with Crippen LogP contribution in [0.3, 0.4) is 0 Å². The van der Waals surface area contributed by atoms with Crippen LogP contribution in [0.25, 0.3) is 0 Å². The lowest BCUT2D eigenvalue weighted by Gasteiger charge is -2.29. The number of carbonyl (C=O) groups excluding carboxylic acids is 1. The predicted octanol–water partition coefficient (Wildman–Crippen LogP) is 3.69. The number of anilines is 1. The summed E-state index contributed by atoms with van der Waals surface area (Å²) in [5.74, 6) is 3.07. The van der Waals surface area contributed by atoms with Gasteiger partial charge in [-0.1, -0.05) is 24.1 Å². The van der Waals surface area contributed by atoms with Gasteiger partial charge in [-0.15, -0.1) is 6.42 Å². The van der Waals surface area contributed by atoms with Gasteiger partial charge in [0.15, 0.2) is 0 Å². The summed E-state index contributed by atoms with van der Waals surface area (Å²) >= 11 is 0. The first kappa shape index (κ1) is 18.9. The van der Waals surface area contributed by atoms with E-state index in [1.807, 2.05) is 18.2 Å². The van der Waals surface area contributed by atoms with Crippen LogP contribution in [-0.2, 0) is 11.4 Å². The highest BCUT2D eigenvalue weighted by molar-refractivity contribution is 5.92. The summed E-state index contributed by atoms with van der Waals surface area (Å²) in [6.07, 6.45) is 6.97. The fraction of sp³-hybridized carbons (Fsp3) is 0.318. The Kier molecular flexibility index (Phi) is 6.45. The Labute approximate surface area is 159 Å². The van der Waals surface area contributed by atoms with E-state index in [9.17, 15) is 9.18 Å². The lowest BCUT2D eigenvalue weighted by atomic mass is 9.96. The molecule has 1 saturated heterocycles. The standard InChI is InChI=1S/C22H23FN2O2/c1-2-12-25-13-10-18(11-14-25)22(26)24-20-4-3-5-21(15-20)27-16-17-6-8-19(23)9-7-17/h1,3-9,15,18H,10-14,16H2,(H,24,26). The molecule has 2 aromatic rings. The molecule has 0 bridgehead atoms. The molecule has 27 heavy (non-hydrogen) atoms. The van der Waals surface area contributed by atoms with Crippen molar-refractivity contribution in [2.75, 3.05) is 25.0 Å². The van der Waals surface area contributed by atoms with Crippen LogP contribution in [0.15, 0.2) is 48.5 Å². The van der Waals surface area contributed by atoms with Crippen LogP contribution in [0.4, 0.5) is 10.1 Å². The van der Waals surface area contributed by atoms with Crippen LogP contribution in [0.1, 0.15) is 18.4 Å². The van der Waals surface area contributed by atoms with Crippen LogP contribution in [0.2, 0.25) is 0 Å². The van der Waals surface area contributed by atoms with Gasteiger partial charge in [0.25, 0.3) is 0 Å². The highest BCUT2D eigenvalue weighted by atomic mass is 19.1. The van der Waals surface area contributed by atoms with Crippen LogP contribution in [0, 0.1) is 24.1 Å². The molecule has 0 radical (unpaired) electrons. The molecule has 0 aliphatic carbocycles. The van der Waals surface area contributed by atoms with Crippen molar-refractivity contribution in [3.63, 3.8) is 0 Å². The Hall–Kier alpha value is -2.84. The first-order valence-electron chi connectivity index (χ1n) is 9.08.